The number of halogens is 1. The Morgan fingerprint density at radius 2 is 1.76 bits per heavy atom. The molecule has 25 heavy (non-hydrogen) atoms. The molecule has 1 amide bonds. The highest BCUT2D eigenvalue weighted by atomic mass is 19.1. The third-order valence-corrected chi connectivity index (χ3v) is 4.21. The first-order chi connectivity index (χ1) is 12.0. The highest BCUT2D eigenvalue weighted by Gasteiger charge is 2.53. The molecule has 1 atom stereocenters. The Morgan fingerprint density at radius 3 is 2.32 bits per heavy atom. The molecule has 0 aromatic heterocycles. The van der Waals surface area contributed by atoms with Gasteiger partial charge >= 0.3 is 5.97 Å². The maximum atomic E-state index is 13.0. The van der Waals surface area contributed by atoms with Crippen LogP contribution in [0.5, 0.6) is 5.75 Å². The molecule has 0 saturated heterocycles. The van der Waals surface area contributed by atoms with Crippen LogP contribution in [0.3, 0.4) is 0 Å². The van der Waals surface area contributed by atoms with Crippen LogP contribution in [-0.2, 0) is 9.59 Å². The summed E-state index contributed by atoms with van der Waals surface area (Å²) in [5.74, 6) is -2.20. The molecule has 130 valence electrons. The quantitative estimate of drug-likeness (QED) is 0.810. The lowest BCUT2D eigenvalue weighted by Crippen LogP contribution is -2.43. The van der Waals surface area contributed by atoms with Crippen molar-refractivity contribution in [3.05, 3.63) is 66.0 Å². The molecule has 1 fully saturated rings. The average molecular weight is 343 g/mol. The van der Waals surface area contributed by atoms with Crippen LogP contribution in [0.4, 0.5) is 4.39 Å². The Labute approximate surface area is 144 Å². The number of nitrogens with one attached hydrogen (secondary N) is 1. The number of carboxylic acid groups (broad SMARTS) is 1. The van der Waals surface area contributed by atoms with Crippen molar-refractivity contribution in [2.45, 2.75) is 24.4 Å². The molecule has 6 heteroatoms. The van der Waals surface area contributed by atoms with Crippen LogP contribution in [0.15, 0.2) is 54.6 Å². The molecule has 1 aliphatic carbocycles. The number of carbonyl (C=O) groups is 2. The Balaban J connectivity index is 1.64. The molecule has 3 rings (SSSR count). The minimum absolute atomic E-state index is 0.0836. The second kappa shape index (κ2) is 6.93. The molecule has 1 saturated carbocycles. The summed E-state index contributed by atoms with van der Waals surface area (Å²) in [5, 5.41) is 12.0. The molecule has 2 aromatic carbocycles. The summed E-state index contributed by atoms with van der Waals surface area (Å²) in [4.78, 5) is 23.9. The number of para-hydroxylation sites is 1. The fraction of sp³-hybridized carbons (Fsp3) is 0.263. The predicted octanol–water partition coefficient (Wildman–Crippen LogP) is 2.72. The zero-order valence-corrected chi connectivity index (χ0v) is 13.4. The molecule has 0 bridgehead atoms. The molecule has 0 radical (unpaired) electrons. The summed E-state index contributed by atoms with van der Waals surface area (Å²) in [6, 6.07) is 14.3. The lowest BCUT2D eigenvalue weighted by Gasteiger charge is -2.20. The summed E-state index contributed by atoms with van der Waals surface area (Å²) in [5.41, 5.74) is -0.490. The predicted molar refractivity (Wildman–Crippen MR) is 88.8 cm³/mol. The second-order valence-corrected chi connectivity index (χ2v) is 6.06. The average Bonchev–Trinajstić information content (AvgIpc) is 3.38. The van der Waals surface area contributed by atoms with Crippen molar-refractivity contribution in [1.82, 2.24) is 5.32 Å². The number of hydrogen-bond acceptors (Lipinski definition) is 3. The smallest absolute Gasteiger partial charge is 0.312 e. The van der Waals surface area contributed by atoms with Crippen LogP contribution >= 0.6 is 0 Å². The molecule has 1 unspecified atom stereocenters. The summed E-state index contributed by atoms with van der Waals surface area (Å²) in [6.07, 6.45) is 1.17. The van der Waals surface area contributed by atoms with Gasteiger partial charge in [-0.2, -0.15) is 0 Å². The summed E-state index contributed by atoms with van der Waals surface area (Å²) >= 11 is 0. The van der Waals surface area contributed by atoms with E-state index in [4.69, 9.17) is 4.74 Å². The Hall–Kier alpha value is -2.89. The SMILES string of the molecule is O=C(O)C(CNC(=O)C1(Oc2ccccc2)CC1)c1ccc(F)cc1. The standard InChI is InChI=1S/C19H18FNO4/c20-14-8-6-13(7-9-14)16(17(22)23)12-21-18(24)19(10-11-19)25-15-4-2-1-3-5-15/h1-9,16H,10-12H2,(H,21,24)(H,22,23). The van der Waals surface area contributed by atoms with Gasteiger partial charge in [0.1, 0.15) is 11.6 Å². The summed E-state index contributed by atoms with van der Waals surface area (Å²) in [7, 11) is 0. The molecular formula is C19H18FNO4. The van der Waals surface area contributed by atoms with Gasteiger partial charge in [0.25, 0.3) is 5.91 Å². The van der Waals surface area contributed by atoms with Gasteiger partial charge in [0, 0.05) is 19.4 Å². The van der Waals surface area contributed by atoms with Gasteiger partial charge in [0.05, 0.1) is 5.92 Å². The number of hydrogen-bond donors (Lipinski definition) is 2. The van der Waals surface area contributed by atoms with E-state index in [1.54, 1.807) is 12.1 Å². The Bertz CT molecular complexity index is 757. The van der Waals surface area contributed by atoms with Crippen LogP contribution in [0.2, 0.25) is 0 Å². The minimum Gasteiger partial charge on any atom is -0.481 e. The van der Waals surface area contributed by atoms with Crippen molar-refractivity contribution in [3.63, 3.8) is 0 Å². The van der Waals surface area contributed by atoms with Crippen LogP contribution in [0.1, 0.15) is 24.3 Å². The van der Waals surface area contributed by atoms with Gasteiger partial charge in [-0.1, -0.05) is 30.3 Å². The Kier molecular flexibility index (Phi) is 4.70. The highest BCUT2D eigenvalue weighted by molar-refractivity contribution is 5.89. The first-order valence-corrected chi connectivity index (χ1v) is 8.01. The zero-order chi connectivity index (χ0) is 17.9. The normalized spacial score (nSPS) is 15.9. The van der Waals surface area contributed by atoms with Crippen molar-refractivity contribution in [3.8, 4) is 5.75 Å². The molecule has 2 aromatic rings. The number of rotatable bonds is 7. The van der Waals surface area contributed by atoms with E-state index in [1.165, 1.54) is 24.3 Å². The van der Waals surface area contributed by atoms with Gasteiger partial charge in [-0.05, 0) is 29.8 Å². The van der Waals surface area contributed by atoms with Gasteiger partial charge in [0.2, 0.25) is 0 Å². The Morgan fingerprint density at radius 1 is 1.12 bits per heavy atom. The van der Waals surface area contributed by atoms with Crippen LogP contribution < -0.4 is 10.1 Å². The third kappa shape index (κ3) is 3.96. The monoisotopic (exact) mass is 343 g/mol. The maximum absolute atomic E-state index is 13.0. The van der Waals surface area contributed by atoms with Crippen molar-refractivity contribution >= 4 is 11.9 Å². The third-order valence-electron chi connectivity index (χ3n) is 4.21. The molecule has 0 heterocycles. The van der Waals surface area contributed by atoms with E-state index < -0.39 is 23.3 Å². The number of carboxylic acids is 1. The number of amides is 1. The summed E-state index contributed by atoms with van der Waals surface area (Å²) in [6.45, 7) is -0.0836. The van der Waals surface area contributed by atoms with Crippen molar-refractivity contribution in [1.29, 1.82) is 0 Å². The van der Waals surface area contributed by atoms with Gasteiger partial charge in [-0.3, -0.25) is 9.59 Å². The van der Waals surface area contributed by atoms with Gasteiger partial charge < -0.3 is 15.2 Å². The first kappa shape index (κ1) is 17.0. The maximum Gasteiger partial charge on any atom is 0.312 e. The first-order valence-electron chi connectivity index (χ1n) is 8.01. The van der Waals surface area contributed by atoms with Crippen molar-refractivity contribution in [2.75, 3.05) is 6.54 Å². The largest absolute Gasteiger partial charge is 0.481 e. The minimum atomic E-state index is -1.08. The fourth-order valence-electron chi connectivity index (χ4n) is 2.60. The molecule has 0 aliphatic heterocycles. The number of ether oxygens (including phenoxy) is 1. The second-order valence-electron chi connectivity index (χ2n) is 6.06. The van der Waals surface area contributed by atoms with Crippen molar-refractivity contribution in [2.24, 2.45) is 0 Å². The molecule has 1 aliphatic rings. The van der Waals surface area contributed by atoms with Gasteiger partial charge in [0.15, 0.2) is 5.60 Å². The van der Waals surface area contributed by atoms with Crippen LogP contribution in [0, 0.1) is 5.82 Å². The zero-order valence-electron chi connectivity index (χ0n) is 13.4. The topological polar surface area (TPSA) is 75.6 Å². The lowest BCUT2D eigenvalue weighted by atomic mass is 9.99. The molecular weight excluding hydrogens is 325 g/mol. The van der Waals surface area contributed by atoms with E-state index in [2.05, 4.69) is 5.32 Å². The van der Waals surface area contributed by atoms with E-state index >= 15 is 0 Å². The van der Waals surface area contributed by atoms with E-state index in [9.17, 15) is 19.1 Å². The fourth-order valence-corrected chi connectivity index (χ4v) is 2.60. The van der Waals surface area contributed by atoms with E-state index in [0.717, 1.165) is 0 Å². The van der Waals surface area contributed by atoms with E-state index in [-0.39, 0.29) is 12.5 Å². The number of benzene rings is 2. The van der Waals surface area contributed by atoms with Crippen LogP contribution in [0.25, 0.3) is 0 Å². The van der Waals surface area contributed by atoms with E-state index in [1.807, 2.05) is 18.2 Å². The van der Waals surface area contributed by atoms with Crippen molar-refractivity contribution < 1.29 is 23.8 Å². The van der Waals surface area contributed by atoms with Gasteiger partial charge in [-0.15, -0.1) is 0 Å². The summed E-state index contributed by atoms with van der Waals surface area (Å²) < 4.78 is 18.8. The lowest BCUT2D eigenvalue weighted by molar-refractivity contribution is -0.139. The highest BCUT2D eigenvalue weighted by Crippen LogP contribution is 2.40. The molecule has 0 spiro atoms. The van der Waals surface area contributed by atoms with Gasteiger partial charge in [-0.25, -0.2) is 4.39 Å². The van der Waals surface area contributed by atoms with E-state index in [0.29, 0.717) is 24.2 Å². The van der Waals surface area contributed by atoms with Crippen LogP contribution in [-0.4, -0.2) is 29.1 Å². The molecule has 5 nitrogen and oxygen atoms in total. The number of carbonyl (C=O) groups excluding carboxylic acids is 1. The molecule has 2 N–H and O–H groups in total. The number of aliphatic carboxylic acids is 1.